The van der Waals surface area contributed by atoms with Gasteiger partial charge in [0.05, 0.1) is 0 Å². The molecule has 0 amide bonds. The summed E-state index contributed by atoms with van der Waals surface area (Å²) in [6, 6.07) is 7.73. The van der Waals surface area contributed by atoms with E-state index in [9.17, 15) is 4.79 Å². The Kier molecular flexibility index (Phi) is 6.45. The van der Waals surface area contributed by atoms with Crippen molar-refractivity contribution in [3.63, 3.8) is 0 Å². The fourth-order valence-corrected chi connectivity index (χ4v) is 2.77. The van der Waals surface area contributed by atoms with Crippen molar-refractivity contribution >= 4 is 10.9 Å². The minimum atomic E-state index is 0.150. The average Bonchev–Trinajstić information content (AvgIpc) is 2.54. The van der Waals surface area contributed by atoms with Crippen molar-refractivity contribution < 1.29 is 0 Å². The van der Waals surface area contributed by atoms with Crippen LogP contribution in [0.3, 0.4) is 0 Å². The summed E-state index contributed by atoms with van der Waals surface area (Å²) >= 11 is 0. The molecule has 0 spiro atoms. The molecule has 2 aromatic rings. The molecule has 0 aliphatic heterocycles. The number of nitrogens with one attached hydrogen (secondary N) is 1. The summed E-state index contributed by atoms with van der Waals surface area (Å²) in [7, 11) is 0. The van der Waals surface area contributed by atoms with Crippen molar-refractivity contribution in [2.24, 2.45) is 0 Å². The number of unbranched alkanes of at least 4 members (excludes halogenated alkanes) is 5. The van der Waals surface area contributed by atoms with Gasteiger partial charge in [0.2, 0.25) is 0 Å². The van der Waals surface area contributed by atoms with Gasteiger partial charge in [0.15, 0.2) is 5.43 Å². The van der Waals surface area contributed by atoms with Crippen LogP contribution < -0.4 is 5.43 Å². The molecule has 2 rings (SSSR count). The molecule has 0 bridgehead atoms. The van der Waals surface area contributed by atoms with Gasteiger partial charge in [-0.3, -0.25) is 4.79 Å². The number of hydrogen-bond acceptors (Lipinski definition) is 1. The van der Waals surface area contributed by atoms with Crippen LogP contribution in [0.4, 0.5) is 0 Å². The van der Waals surface area contributed by atoms with Crippen LogP contribution in [0.25, 0.3) is 10.9 Å². The molecule has 2 nitrogen and oxygen atoms in total. The highest BCUT2D eigenvalue weighted by Crippen LogP contribution is 2.12. The van der Waals surface area contributed by atoms with Crippen LogP contribution in [0.5, 0.6) is 0 Å². The van der Waals surface area contributed by atoms with Gasteiger partial charge in [-0.2, -0.15) is 0 Å². The van der Waals surface area contributed by atoms with Gasteiger partial charge in [-0.15, -0.1) is 0 Å². The Balaban J connectivity index is 1.94. The van der Waals surface area contributed by atoms with Crippen LogP contribution in [-0.4, -0.2) is 4.98 Å². The SMILES string of the molecule is CCCCCCCC=CCc1[nH]c2ccccc2c(=O)c1C. The number of benzene rings is 1. The highest BCUT2D eigenvalue weighted by Gasteiger charge is 2.06. The number of aromatic amines is 1. The molecule has 0 saturated carbocycles. The van der Waals surface area contributed by atoms with E-state index in [2.05, 4.69) is 24.1 Å². The lowest BCUT2D eigenvalue weighted by molar-refractivity contribution is 0.637. The van der Waals surface area contributed by atoms with Gasteiger partial charge in [-0.1, -0.05) is 56.9 Å². The standard InChI is InChI=1S/C20H27NO/c1-3-4-5-6-7-8-9-10-14-18-16(2)20(22)17-13-11-12-15-19(17)21-18/h9-13,15H,3-8,14H2,1-2H3,(H,21,22). The van der Waals surface area contributed by atoms with Crippen molar-refractivity contribution in [3.05, 3.63) is 57.9 Å². The molecule has 0 aliphatic rings. The van der Waals surface area contributed by atoms with Crippen molar-refractivity contribution in [2.75, 3.05) is 0 Å². The Hall–Kier alpha value is -1.83. The maximum atomic E-state index is 12.3. The number of hydrogen-bond donors (Lipinski definition) is 1. The summed E-state index contributed by atoms with van der Waals surface area (Å²) in [6.45, 7) is 4.16. The van der Waals surface area contributed by atoms with Gasteiger partial charge in [0, 0.05) is 28.6 Å². The summed E-state index contributed by atoms with van der Waals surface area (Å²) < 4.78 is 0. The van der Waals surface area contributed by atoms with Crippen LogP contribution in [0.15, 0.2) is 41.2 Å². The zero-order valence-electron chi connectivity index (χ0n) is 13.8. The van der Waals surface area contributed by atoms with Crippen molar-refractivity contribution in [3.8, 4) is 0 Å². The molecule has 2 heteroatoms. The fraction of sp³-hybridized carbons (Fsp3) is 0.450. The highest BCUT2D eigenvalue weighted by molar-refractivity contribution is 5.79. The topological polar surface area (TPSA) is 32.9 Å². The predicted molar refractivity (Wildman–Crippen MR) is 95.5 cm³/mol. The zero-order valence-corrected chi connectivity index (χ0v) is 13.8. The van der Waals surface area contributed by atoms with Crippen LogP contribution in [-0.2, 0) is 6.42 Å². The number of fused-ring (bicyclic) bond motifs is 1. The average molecular weight is 297 g/mol. The molecule has 0 fully saturated rings. The predicted octanol–water partition coefficient (Wildman–Crippen LogP) is 5.30. The largest absolute Gasteiger partial charge is 0.358 e. The van der Waals surface area contributed by atoms with Crippen LogP contribution in [0, 0.1) is 6.92 Å². The van der Waals surface area contributed by atoms with Crippen molar-refractivity contribution in [2.45, 2.75) is 58.8 Å². The molecule has 1 aromatic heterocycles. The number of H-pyrrole nitrogens is 1. The van der Waals surface area contributed by atoms with E-state index in [0.717, 1.165) is 35.0 Å². The molecule has 0 unspecified atom stereocenters. The fourth-order valence-electron chi connectivity index (χ4n) is 2.77. The van der Waals surface area contributed by atoms with Crippen LogP contribution >= 0.6 is 0 Å². The Morgan fingerprint density at radius 2 is 1.82 bits per heavy atom. The number of aromatic nitrogens is 1. The van der Waals surface area contributed by atoms with Crippen molar-refractivity contribution in [1.29, 1.82) is 0 Å². The lowest BCUT2D eigenvalue weighted by Crippen LogP contribution is -2.11. The van der Waals surface area contributed by atoms with E-state index in [1.807, 2.05) is 31.2 Å². The van der Waals surface area contributed by atoms with Gasteiger partial charge in [0.1, 0.15) is 0 Å². The molecule has 1 aromatic carbocycles. The third kappa shape index (κ3) is 4.33. The van der Waals surface area contributed by atoms with E-state index in [4.69, 9.17) is 0 Å². The first-order valence-corrected chi connectivity index (χ1v) is 8.49. The molecule has 0 aliphatic carbocycles. The Morgan fingerprint density at radius 3 is 2.64 bits per heavy atom. The third-order valence-corrected chi connectivity index (χ3v) is 4.21. The minimum Gasteiger partial charge on any atom is -0.358 e. The highest BCUT2D eigenvalue weighted by atomic mass is 16.1. The van der Waals surface area contributed by atoms with E-state index in [1.54, 1.807) is 0 Å². The smallest absolute Gasteiger partial charge is 0.192 e. The number of rotatable bonds is 8. The summed E-state index contributed by atoms with van der Waals surface area (Å²) in [5.74, 6) is 0. The second kappa shape index (κ2) is 8.57. The Morgan fingerprint density at radius 1 is 1.05 bits per heavy atom. The number of para-hydroxylation sites is 1. The van der Waals surface area contributed by atoms with Gasteiger partial charge in [-0.05, 0) is 31.9 Å². The van der Waals surface area contributed by atoms with Gasteiger partial charge >= 0.3 is 0 Å². The zero-order chi connectivity index (χ0) is 15.8. The molecular formula is C20H27NO. The van der Waals surface area contributed by atoms with E-state index < -0.39 is 0 Å². The maximum absolute atomic E-state index is 12.3. The van der Waals surface area contributed by atoms with E-state index in [0.29, 0.717) is 0 Å². The van der Waals surface area contributed by atoms with Gasteiger partial charge in [-0.25, -0.2) is 0 Å². The Bertz CT molecular complexity index is 682. The first kappa shape index (κ1) is 16.5. The molecule has 1 N–H and O–H groups in total. The monoisotopic (exact) mass is 297 g/mol. The molecule has 0 saturated heterocycles. The molecule has 0 radical (unpaired) electrons. The summed E-state index contributed by atoms with van der Waals surface area (Å²) in [5, 5.41) is 0.781. The third-order valence-electron chi connectivity index (χ3n) is 4.21. The quantitative estimate of drug-likeness (QED) is 0.521. The van der Waals surface area contributed by atoms with Gasteiger partial charge in [0.25, 0.3) is 0 Å². The maximum Gasteiger partial charge on any atom is 0.192 e. The van der Waals surface area contributed by atoms with E-state index >= 15 is 0 Å². The summed E-state index contributed by atoms with van der Waals surface area (Å²) in [4.78, 5) is 15.7. The second-order valence-corrected chi connectivity index (χ2v) is 5.98. The van der Waals surface area contributed by atoms with Crippen molar-refractivity contribution in [1.82, 2.24) is 4.98 Å². The first-order chi connectivity index (χ1) is 10.7. The van der Waals surface area contributed by atoms with Gasteiger partial charge < -0.3 is 4.98 Å². The van der Waals surface area contributed by atoms with Crippen LogP contribution in [0.1, 0.15) is 56.7 Å². The molecule has 22 heavy (non-hydrogen) atoms. The summed E-state index contributed by atoms with van der Waals surface area (Å²) in [6.07, 6.45) is 13.0. The minimum absolute atomic E-state index is 0.150. The normalized spacial score (nSPS) is 11.5. The molecule has 118 valence electrons. The summed E-state index contributed by atoms with van der Waals surface area (Å²) in [5.41, 5.74) is 2.95. The molecule has 0 atom stereocenters. The lowest BCUT2D eigenvalue weighted by atomic mass is 10.1. The lowest BCUT2D eigenvalue weighted by Gasteiger charge is -2.06. The molecule has 1 heterocycles. The van der Waals surface area contributed by atoms with E-state index in [1.165, 1.54) is 32.1 Å². The first-order valence-electron chi connectivity index (χ1n) is 8.49. The van der Waals surface area contributed by atoms with E-state index in [-0.39, 0.29) is 5.43 Å². The number of pyridine rings is 1. The number of allylic oxidation sites excluding steroid dienone is 2. The second-order valence-electron chi connectivity index (χ2n) is 5.98. The molecular weight excluding hydrogens is 270 g/mol. The van der Waals surface area contributed by atoms with Crippen LogP contribution in [0.2, 0.25) is 0 Å². The Labute approximate surface area is 133 Å².